The van der Waals surface area contributed by atoms with E-state index in [1.54, 1.807) is 0 Å². The van der Waals surface area contributed by atoms with Gasteiger partial charge in [-0.05, 0) is 6.08 Å². The van der Waals surface area contributed by atoms with E-state index in [0.717, 1.165) is 0 Å². The zero-order chi connectivity index (χ0) is 6.28. The Hall–Kier alpha value is -1.35. The van der Waals surface area contributed by atoms with E-state index in [2.05, 4.69) is 16.9 Å². The summed E-state index contributed by atoms with van der Waals surface area (Å²) in [6.07, 6.45) is 0.500. The van der Waals surface area contributed by atoms with Crippen molar-refractivity contribution in [3.8, 4) is 0 Å². The van der Waals surface area contributed by atoms with Crippen LogP contribution in [-0.2, 0) is 4.79 Å². The van der Waals surface area contributed by atoms with Crippen LogP contribution in [0.5, 0.6) is 0 Å². The van der Waals surface area contributed by atoms with Crippen molar-refractivity contribution in [3.63, 3.8) is 0 Å². The molecule has 0 fully saturated rings. The fraction of sp³-hybridized carbons (Fsp3) is 0. The molecule has 0 saturated heterocycles. The van der Waals surface area contributed by atoms with Crippen molar-refractivity contribution < 1.29 is 10.2 Å². The first-order valence-corrected chi connectivity index (χ1v) is 1.29. The van der Waals surface area contributed by atoms with E-state index >= 15 is 0 Å². The molecule has 0 saturated carbocycles. The summed E-state index contributed by atoms with van der Waals surface area (Å²) in [6.45, 7) is 0. The summed E-state index contributed by atoms with van der Waals surface area (Å²) in [5.41, 5.74) is 9.17. The molecule has 0 aliphatic rings. The quantitative estimate of drug-likeness (QED) is 0.171. The minimum Gasteiger partial charge on any atom is -0.724 e. The fourth-order valence-corrected chi connectivity index (χ4v) is 0. The molecule has 0 aromatic carbocycles. The summed E-state index contributed by atoms with van der Waals surface area (Å²) in [5.74, 6) is -0.0833. The summed E-state index contributed by atoms with van der Waals surface area (Å²) in [7, 11) is 0. The van der Waals surface area contributed by atoms with Gasteiger partial charge in [-0.2, -0.15) is 0 Å². The van der Waals surface area contributed by atoms with Crippen molar-refractivity contribution in [1.29, 1.82) is 0 Å². The van der Waals surface area contributed by atoms with Crippen LogP contribution in [0.1, 0.15) is 0 Å². The van der Waals surface area contributed by atoms with Crippen molar-refractivity contribution >= 4 is 12.0 Å². The SMILES string of the molecule is NC(N)=[NH2+].[N-]=C=O. The standard InChI is InChI=1S/CH5N3.CNO/c2-1(3)4;2-1-3/h(H5,2,3,4);/q;-1/p+1. The van der Waals surface area contributed by atoms with Gasteiger partial charge < -0.3 is 5.41 Å². The molecule has 5 nitrogen and oxygen atoms in total. The summed E-state index contributed by atoms with van der Waals surface area (Å²) < 4.78 is 0. The molecule has 40 valence electrons. The zero-order valence-electron chi connectivity index (χ0n) is 3.59. The normalized spacial score (nSPS) is 4.57. The largest absolute Gasteiger partial charge is 0.724 e. The molecule has 0 unspecified atom stereocenters. The Bertz CT molecular complexity index is 77.7. The number of carbonyl (C=O) groups excluding carboxylic acids is 1. The van der Waals surface area contributed by atoms with E-state index < -0.39 is 0 Å². The van der Waals surface area contributed by atoms with Crippen LogP contribution >= 0.6 is 0 Å². The van der Waals surface area contributed by atoms with Gasteiger partial charge in [-0.15, -0.1) is 0 Å². The lowest BCUT2D eigenvalue weighted by Crippen LogP contribution is -2.51. The lowest BCUT2D eigenvalue weighted by molar-refractivity contribution is -0.116. The number of guanidine groups is 1. The van der Waals surface area contributed by atoms with Gasteiger partial charge in [0.2, 0.25) is 0 Å². The van der Waals surface area contributed by atoms with Crippen molar-refractivity contribution in [2.75, 3.05) is 0 Å². The maximum absolute atomic E-state index is 8.24. The molecule has 0 heterocycles. The van der Waals surface area contributed by atoms with Crippen LogP contribution in [0.25, 0.3) is 5.41 Å². The molecule has 0 aromatic heterocycles. The van der Waals surface area contributed by atoms with Crippen LogP contribution in [0.3, 0.4) is 0 Å². The molecule has 6 N–H and O–H groups in total. The van der Waals surface area contributed by atoms with Crippen molar-refractivity contribution in [1.82, 2.24) is 0 Å². The van der Waals surface area contributed by atoms with Crippen molar-refractivity contribution in [2.24, 2.45) is 11.5 Å². The molecule has 0 aromatic rings. The summed E-state index contributed by atoms with van der Waals surface area (Å²) >= 11 is 0. The molecule has 0 atom stereocenters. The lowest BCUT2D eigenvalue weighted by Gasteiger charge is -1.59. The van der Waals surface area contributed by atoms with Gasteiger partial charge >= 0.3 is 5.96 Å². The third kappa shape index (κ3) is 17.9. The first-order valence-electron chi connectivity index (χ1n) is 1.29. The van der Waals surface area contributed by atoms with Gasteiger partial charge in [-0.25, -0.2) is 0 Å². The summed E-state index contributed by atoms with van der Waals surface area (Å²) in [5, 5.41) is 11.3. The first-order chi connectivity index (χ1) is 3.15. The maximum Gasteiger partial charge on any atom is 0.336 e. The predicted octanol–water partition coefficient (Wildman–Crippen LogP) is -3.09. The molecular formula is C2H6N4O. The molecule has 5 heteroatoms. The van der Waals surface area contributed by atoms with Crippen LogP contribution in [0.15, 0.2) is 0 Å². The van der Waals surface area contributed by atoms with Gasteiger partial charge in [0, 0.05) is 0 Å². The van der Waals surface area contributed by atoms with Gasteiger partial charge in [-0.1, -0.05) is 0 Å². The topological polar surface area (TPSA) is 117 Å². The van der Waals surface area contributed by atoms with E-state index in [1.165, 1.54) is 0 Å². The van der Waals surface area contributed by atoms with Crippen LogP contribution in [0.2, 0.25) is 0 Å². The number of isocyanates is 1. The maximum atomic E-state index is 8.24. The molecule has 0 rings (SSSR count). The number of hydrogen-bond donors (Lipinski definition) is 3. The third-order valence-electron chi connectivity index (χ3n) is 0. The lowest BCUT2D eigenvalue weighted by atomic mass is 11.1. The Morgan fingerprint density at radius 2 is 1.71 bits per heavy atom. The molecule has 0 amide bonds. The fourth-order valence-electron chi connectivity index (χ4n) is 0. The molecule has 0 radical (unpaired) electrons. The summed E-state index contributed by atoms with van der Waals surface area (Å²) in [6, 6.07) is 0. The number of hydrogen-bond acceptors (Lipinski definition) is 1. The Balaban J connectivity index is 0. The Labute approximate surface area is 40.3 Å². The van der Waals surface area contributed by atoms with Gasteiger partial charge in [0.25, 0.3) is 0 Å². The average Bonchev–Trinajstić information content (AvgIpc) is 1.33. The minimum atomic E-state index is -0.0833. The highest BCUT2D eigenvalue weighted by Crippen LogP contribution is 0.949. The number of nitrogens with zero attached hydrogens (tertiary/aromatic N) is 1. The smallest absolute Gasteiger partial charge is 0.336 e. The zero-order valence-corrected chi connectivity index (χ0v) is 3.59. The van der Waals surface area contributed by atoms with E-state index in [1.807, 2.05) is 0 Å². The highest BCUT2D eigenvalue weighted by atomic mass is 16.1. The van der Waals surface area contributed by atoms with Crippen LogP contribution in [0.4, 0.5) is 0 Å². The second-order valence-electron chi connectivity index (χ2n) is 0.591. The second kappa shape index (κ2) is 8.82. The summed E-state index contributed by atoms with van der Waals surface area (Å²) in [4.78, 5) is 8.24. The van der Waals surface area contributed by atoms with E-state index in [4.69, 9.17) is 10.2 Å². The highest BCUT2D eigenvalue weighted by molar-refractivity contribution is 5.68. The van der Waals surface area contributed by atoms with E-state index in [-0.39, 0.29) is 5.96 Å². The molecule has 7 heavy (non-hydrogen) atoms. The monoisotopic (exact) mass is 102 g/mol. The molecule has 0 spiro atoms. The second-order valence-corrected chi connectivity index (χ2v) is 0.591. The molecule has 0 aliphatic heterocycles. The predicted molar refractivity (Wildman–Crippen MR) is 24.4 cm³/mol. The van der Waals surface area contributed by atoms with Crippen LogP contribution in [0, 0.1) is 0 Å². The molecule has 0 aliphatic carbocycles. The Morgan fingerprint density at radius 3 is 1.71 bits per heavy atom. The van der Waals surface area contributed by atoms with Gasteiger partial charge in [0.1, 0.15) is 0 Å². The van der Waals surface area contributed by atoms with Gasteiger partial charge in [0.05, 0.1) is 0 Å². The molecular weight excluding hydrogens is 96.0 g/mol. The first kappa shape index (κ1) is 9.17. The van der Waals surface area contributed by atoms with Crippen LogP contribution < -0.4 is 16.9 Å². The molecule has 0 bridgehead atoms. The van der Waals surface area contributed by atoms with Gasteiger partial charge in [0.15, 0.2) is 0 Å². The van der Waals surface area contributed by atoms with Crippen LogP contribution in [-0.4, -0.2) is 12.0 Å². The third-order valence-corrected chi connectivity index (χ3v) is 0. The van der Waals surface area contributed by atoms with Crippen molar-refractivity contribution in [2.45, 2.75) is 0 Å². The Kier molecular flexibility index (Phi) is 11.6. The number of nitrogens with two attached hydrogens (primary N) is 3. The number of rotatable bonds is 0. The van der Waals surface area contributed by atoms with E-state index in [0.29, 0.717) is 6.08 Å². The minimum absolute atomic E-state index is 0.0833. The average molecular weight is 102 g/mol. The highest BCUT2D eigenvalue weighted by Gasteiger charge is 1.64. The van der Waals surface area contributed by atoms with E-state index in [9.17, 15) is 0 Å². The van der Waals surface area contributed by atoms with Gasteiger partial charge in [-0.3, -0.25) is 21.7 Å². The Morgan fingerprint density at radius 1 is 1.71 bits per heavy atom. The van der Waals surface area contributed by atoms with Crippen molar-refractivity contribution in [3.05, 3.63) is 5.41 Å².